The maximum absolute atomic E-state index is 12.1. The summed E-state index contributed by atoms with van der Waals surface area (Å²) in [5, 5.41) is -0.116. The van der Waals surface area contributed by atoms with E-state index in [0.717, 1.165) is 5.56 Å². The van der Waals surface area contributed by atoms with E-state index in [1.807, 2.05) is 6.92 Å². The molecule has 0 saturated heterocycles. The van der Waals surface area contributed by atoms with Gasteiger partial charge in [-0.15, -0.1) is 4.40 Å². The lowest BCUT2D eigenvalue weighted by Crippen LogP contribution is -2.03. The lowest BCUT2D eigenvalue weighted by molar-refractivity contribution is 0.598. The van der Waals surface area contributed by atoms with Crippen molar-refractivity contribution in [1.29, 1.82) is 0 Å². The lowest BCUT2D eigenvalue weighted by atomic mass is 10.2. The van der Waals surface area contributed by atoms with Crippen LogP contribution in [-0.2, 0) is 10.0 Å². The fraction of sp³-hybridized carbons (Fsp3) is 0.0769. The molecule has 110 valence electrons. The molecule has 21 heavy (non-hydrogen) atoms. The molecular weight excluding hydrogens is 355 g/mol. The van der Waals surface area contributed by atoms with Gasteiger partial charge in [-0.3, -0.25) is 0 Å². The molecule has 4 nitrogen and oxygen atoms in total. The van der Waals surface area contributed by atoms with E-state index in [2.05, 4.69) is 9.38 Å². The zero-order valence-electron chi connectivity index (χ0n) is 10.7. The van der Waals surface area contributed by atoms with Crippen LogP contribution >= 0.6 is 34.8 Å². The molecule has 2 rings (SSSR count). The highest BCUT2D eigenvalue weighted by Gasteiger charge is 2.16. The predicted molar refractivity (Wildman–Crippen MR) is 85.0 cm³/mol. The van der Waals surface area contributed by atoms with Gasteiger partial charge >= 0.3 is 0 Å². The Balaban J connectivity index is 2.43. The molecule has 0 spiro atoms. The van der Waals surface area contributed by atoms with E-state index in [1.165, 1.54) is 24.3 Å². The highest BCUT2D eigenvalue weighted by atomic mass is 35.5. The summed E-state index contributed by atoms with van der Waals surface area (Å²) in [4.78, 5) is 3.83. The third-order valence-electron chi connectivity index (χ3n) is 2.56. The minimum absolute atomic E-state index is 0.0182. The van der Waals surface area contributed by atoms with Crippen molar-refractivity contribution in [3.8, 4) is 0 Å². The van der Waals surface area contributed by atoms with Gasteiger partial charge in [-0.1, -0.05) is 52.5 Å². The van der Waals surface area contributed by atoms with E-state index in [-0.39, 0.29) is 25.9 Å². The van der Waals surface area contributed by atoms with E-state index in [9.17, 15) is 8.42 Å². The first-order chi connectivity index (χ1) is 9.79. The average Bonchev–Trinajstić information content (AvgIpc) is 2.38. The molecule has 1 heterocycles. The molecule has 0 aliphatic carbocycles. The number of hydrogen-bond acceptors (Lipinski definition) is 3. The monoisotopic (exact) mass is 362 g/mol. The number of benzene rings is 1. The van der Waals surface area contributed by atoms with Crippen molar-refractivity contribution in [2.45, 2.75) is 11.8 Å². The van der Waals surface area contributed by atoms with Crippen LogP contribution in [-0.4, -0.2) is 18.6 Å². The van der Waals surface area contributed by atoms with Crippen LogP contribution in [0.5, 0.6) is 0 Å². The van der Waals surface area contributed by atoms with Crippen LogP contribution in [0.2, 0.25) is 10.3 Å². The minimum Gasteiger partial charge on any atom is -0.224 e. The largest absolute Gasteiger partial charge is 0.283 e. The Morgan fingerprint density at radius 1 is 1.10 bits per heavy atom. The second kappa shape index (κ2) is 6.32. The number of aryl methyl sites for hydroxylation is 1. The quantitative estimate of drug-likeness (QED) is 0.610. The molecule has 2 aromatic rings. The number of sulfonamides is 1. The van der Waals surface area contributed by atoms with Crippen LogP contribution in [0.1, 0.15) is 11.1 Å². The molecule has 0 aliphatic heterocycles. The molecule has 0 saturated carbocycles. The van der Waals surface area contributed by atoms with Gasteiger partial charge in [0.15, 0.2) is 5.17 Å². The summed E-state index contributed by atoms with van der Waals surface area (Å²) in [5.41, 5.74) is 1.13. The summed E-state index contributed by atoms with van der Waals surface area (Å²) in [6.45, 7) is 1.85. The lowest BCUT2D eigenvalue weighted by Gasteiger charge is -2.03. The van der Waals surface area contributed by atoms with Crippen molar-refractivity contribution in [2.75, 3.05) is 0 Å². The zero-order chi connectivity index (χ0) is 15.6. The number of hydrogen-bond donors (Lipinski definition) is 0. The smallest absolute Gasteiger partial charge is 0.224 e. The van der Waals surface area contributed by atoms with Gasteiger partial charge in [-0.25, -0.2) is 4.98 Å². The van der Waals surface area contributed by atoms with E-state index in [4.69, 9.17) is 34.8 Å². The molecule has 0 atom stereocenters. The Morgan fingerprint density at radius 2 is 1.71 bits per heavy atom. The Labute approximate surface area is 137 Å². The molecule has 0 amide bonds. The molecule has 1 aromatic carbocycles. The van der Waals surface area contributed by atoms with Gasteiger partial charge in [0.05, 0.1) is 10.5 Å². The molecule has 0 aliphatic rings. The summed E-state index contributed by atoms with van der Waals surface area (Å²) in [6.07, 6.45) is 0. The maximum atomic E-state index is 12.1. The summed E-state index contributed by atoms with van der Waals surface area (Å²) in [5.74, 6) is 0. The number of pyridine rings is 1. The van der Waals surface area contributed by atoms with Gasteiger partial charge in [-0.05, 0) is 31.2 Å². The minimum atomic E-state index is -3.91. The molecule has 0 fully saturated rings. The SMILES string of the molecule is Cc1ccc(S(=O)(=O)/N=C(\Cl)c2ccc(Cl)nc2Cl)cc1. The fourth-order valence-electron chi connectivity index (χ4n) is 1.48. The molecule has 0 radical (unpaired) electrons. The van der Waals surface area contributed by atoms with Crippen LogP contribution in [0.4, 0.5) is 0 Å². The molecule has 1 aromatic heterocycles. The second-order valence-electron chi connectivity index (χ2n) is 4.14. The van der Waals surface area contributed by atoms with Gasteiger partial charge < -0.3 is 0 Å². The van der Waals surface area contributed by atoms with Gasteiger partial charge in [0.1, 0.15) is 10.3 Å². The Morgan fingerprint density at radius 3 is 2.29 bits per heavy atom. The molecular formula is C13H9Cl3N2O2S. The van der Waals surface area contributed by atoms with Crippen molar-refractivity contribution in [1.82, 2.24) is 4.98 Å². The van der Waals surface area contributed by atoms with Crippen molar-refractivity contribution >= 4 is 50.0 Å². The van der Waals surface area contributed by atoms with Crippen LogP contribution in [0.15, 0.2) is 45.7 Å². The van der Waals surface area contributed by atoms with E-state index in [1.54, 1.807) is 12.1 Å². The third-order valence-corrected chi connectivity index (χ3v) is 4.73. The van der Waals surface area contributed by atoms with Crippen molar-refractivity contribution < 1.29 is 8.42 Å². The van der Waals surface area contributed by atoms with Crippen molar-refractivity contribution in [3.63, 3.8) is 0 Å². The Kier molecular flexibility index (Phi) is 4.88. The van der Waals surface area contributed by atoms with Crippen LogP contribution < -0.4 is 0 Å². The van der Waals surface area contributed by atoms with Gasteiger partial charge in [0.25, 0.3) is 10.0 Å². The highest BCUT2D eigenvalue weighted by Crippen LogP contribution is 2.21. The average molecular weight is 364 g/mol. The van der Waals surface area contributed by atoms with Crippen LogP contribution in [0.3, 0.4) is 0 Å². The number of rotatable bonds is 3. The Bertz CT molecular complexity index is 803. The van der Waals surface area contributed by atoms with Crippen molar-refractivity contribution in [2.24, 2.45) is 4.40 Å². The van der Waals surface area contributed by atoms with Crippen molar-refractivity contribution in [3.05, 3.63) is 57.8 Å². The number of nitrogens with zero attached hydrogens (tertiary/aromatic N) is 2. The number of halogens is 3. The van der Waals surface area contributed by atoms with E-state index < -0.39 is 10.0 Å². The molecule has 8 heteroatoms. The summed E-state index contributed by atoms with van der Waals surface area (Å²) in [7, 11) is -3.91. The maximum Gasteiger partial charge on any atom is 0.283 e. The van der Waals surface area contributed by atoms with Crippen LogP contribution in [0.25, 0.3) is 0 Å². The summed E-state index contributed by atoms with van der Waals surface area (Å²) in [6, 6.07) is 9.16. The summed E-state index contributed by atoms with van der Waals surface area (Å²) < 4.78 is 27.8. The van der Waals surface area contributed by atoms with Crippen LogP contribution in [0, 0.1) is 6.92 Å². The topological polar surface area (TPSA) is 59.4 Å². The first kappa shape index (κ1) is 16.2. The zero-order valence-corrected chi connectivity index (χ0v) is 13.8. The fourth-order valence-corrected chi connectivity index (χ4v) is 3.29. The third kappa shape index (κ3) is 3.95. The first-order valence-electron chi connectivity index (χ1n) is 5.69. The standard InChI is InChI=1S/C13H9Cl3N2O2S/c1-8-2-4-9(5-3-8)21(19,20)18-13(16)10-6-7-11(14)17-12(10)15/h2-7H,1H3/b18-13-. The van der Waals surface area contributed by atoms with E-state index in [0.29, 0.717) is 0 Å². The van der Waals surface area contributed by atoms with Gasteiger partial charge in [0.2, 0.25) is 0 Å². The predicted octanol–water partition coefficient (Wildman–Crippen LogP) is 4.07. The normalized spacial score (nSPS) is 12.5. The number of aromatic nitrogens is 1. The molecule has 0 N–H and O–H groups in total. The highest BCUT2D eigenvalue weighted by molar-refractivity contribution is 7.90. The summed E-state index contributed by atoms with van der Waals surface area (Å²) >= 11 is 17.5. The molecule has 0 bridgehead atoms. The van der Waals surface area contributed by atoms with E-state index >= 15 is 0 Å². The Hall–Kier alpha value is -1.14. The van der Waals surface area contributed by atoms with Gasteiger partial charge in [0, 0.05) is 0 Å². The molecule has 0 unspecified atom stereocenters. The van der Waals surface area contributed by atoms with Gasteiger partial charge in [-0.2, -0.15) is 8.42 Å². The first-order valence-corrected chi connectivity index (χ1v) is 8.26. The second-order valence-corrected chi connectivity index (χ2v) is 6.85.